The van der Waals surface area contributed by atoms with E-state index >= 15 is 0 Å². The fourth-order valence-electron chi connectivity index (χ4n) is 3.83. The van der Waals surface area contributed by atoms with Crippen molar-refractivity contribution in [2.75, 3.05) is 5.32 Å². The highest BCUT2D eigenvalue weighted by atomic mass is 15.2. The Morgan fingerprint density at radius 2 is 1.95 bits per heavy atom. The van der Waals surface area contributed by atoms with E-state index in [0.717, 1.165) is 5.95 Å². The molecule has 1 aromatic heterocycles. The van der Waals surface area contributed by atoms with Crippen LogP contribution in [0.2, 0.25) is 0 Å². The molecule has 1 atom stereocenters. The molecule has 1 heterocycles. The van der Waals surface area contributed by atoms with E-state index in [1.54, 1.807) is 0 Å². The number of anilines is 1. The first-order valence-electron chi connectivity index (χ1n) is 7.96. The molecule has 0 spiro atoms. The van der Waals surface area contributed by atoms with Crippen molar-refractivity contribution in [3.63, 3.8) is 0 Å². The average Bonchev–Trinajstić information content (AvgIpc) is 2.99. The predicted octanol–water partition coefficient (Wildman–Crippen LogP) is 4.38. The van der Waals surface area contributed by atoms with Gasteiger partial charge in [-0.25, -0.2) is 4.98 Å². The van der Waals surface area contributed by atoms with Crippen molar-refractivity contribution in [2.24, 2.45) is 5.41 Å². The molecular formula is C16H27N3. The smallest absolute Gasteiger partial charge is 0.203 e. The Morgan fingerprint density at radius 3 is 2.63 bits per heavy atom. The summed E-state index contributed by atoms with van der Waals surface area (Å²) in [5.74, 6) is 1.10. The molecule has 2 saturated carbocycles. The summed E-state index contributed by atoms with van der Waals surface area (Å²) in [6.07, 6.45) is 14.9. The van der Waals surface area contributed by atoms with Crippen LogP contribution >= 0.6 is 0 Å². The molecule has 3 nitrogen and oxygen atoms in total. The fourth-order valence-corrected chi connectivity index (χ4v) is 3.83. The zero-order valence-corrected chi connectivity index (χ0v) is 12.4. The maximum atomic E-state index is 4.57. The van der Waals surface area contributed by atoms with Crippen LogP contribution in [0.5, 0.6) is 0 Å². The van der Waals surface area contributed by atoms with Crippen molar-refractivity contribution in [2.45, 2.75) is 77.3 Å². The Labute approximate surface area is 116 Å². The van der Waals surface area contributed by atoms with Gasteiger partial charge in [-0.1, -0.05) is 39.5 Å². The molecule has 19 heavy (non-hydrogen) atoms. The minimum atomic E-state index is 0.406. The lowest BCUT2D eigenvalue weighted by molar-refractivity contribution is 0.337. The summed E-state index contributed by atoms with van der Waals surface area (Å²) >= 11 is 0. The molecule has 2 fully saturated rings. The molecule has 0 aliphatic heterocycles. The highest BCUT2D eigenvalue weighted by Gasteiger charge is 2.35. The quantitative estimate of drug-likeness (QED) is 0.875. The van der Waals surface area contributed by atoms with Crippen molar-refractivity contribution in [3.8, 4) is 0 Å². The molecular weight excluding hydrogens is 234 g/mol. The number of rotatable bonds is 3. The molecule has 2 aliphatic carbocycles. The van der Waals surface area contributed by atoms with Crippen molar-refractivity contribution in [1.29, 1.82) is 0 Å². The molecule has 0 bridgehead atoms. The lowest BCUT2D eigenvalue weighted by Gasteiger charge is -2.30. The van der Waals surface area contributed by atoms with Gasteiger partial charge in [-0.2, -0.15) is 0 Å². The maximum Gasteiger partial charge on any atom is 0.203 e. The number of nitrogens with one attached hydrogen (secondary N) is 1. The summed E-state index contributed by atoms with van der Waals surface area (Å²) < 4.78 is 2.40. The molecule has 3 rings (SSSR count). The van der Waals surface area contributed by atoms with E-state index in [-0.39, 0.29) is 0 Å². The minimum Gasteiger partial charge on any atom is -0.352 e. The van der Waals surface area contributed by atoms with Crippen molar-refractivity contribution in [1.82, 2.24) is 9.55 Å². The van der Waals surface area contributed by atoms with E-state index < -0.39 is 0 Å². The van der Waals surface area contributed by atoms with Crippen molar-refractivity contribution >= 4 is 5.95 Å². The molecule has 0 aromatic carbocycles. The first-order chi connectivity index (χ1) is 9.17. The van der Waals surface area contributed by atoms with E-state index in [1.165, 1.54) is 51.4 Å². The summed E-state index contributed by atoms with van der Waals surface area (Å²) in [7, 11) is 0. The van der Waals surface area contributed by atoms with E-state index in [4.69, 9.17) is 0 Å². The van der Waals surface area contributed by atoms with E-state index in [0.29, 0.717) is 17.5 Å². The normalized spacial score (nSPS) is 27.6. The van der Waals surface area contributed by atoms with Gasteiger partial charge in [-0.15, -0.1) is 0 Å². The Hall–Kier alpha value is -0.990. The van der Waals surface area contributed by atoms with Gasteiger partial charge in [0, 0.05) is 24.5 Å². The highest BCUT2D eigenvalue weighted by Crippen LogP contribution is 2.39. The first kappa shape index (κ1) is 13.0. The Morgan fingerprint density at radius 1 is 1.16 bits per heavy atom. The number of imidazole rings is 1. The SMILES string of the molecule is CC1(C)CCCC1Nc1nccn1C1CCCCC1. The van der Waals surface area contributed by atoms with Crippen LogP contribution in [0.3, 0.4) is 0 Å². The first-order valence-corrected chi connectivity index (χ1v) is 7.96. The largest absolute Gasteiger partial charge is 0.352 e. The van der Waals surface area contributed by atoms with Crippen LogP contribution in [0.4, 0.5) is 5.95 Å². The van der Waals surface area contributed by atoms with Crippen molar-refractivity contribution in [3.05, 3.63) is 12.4 Å². The maximum absolute atomic E-state index is 4.57. The Bertz CT molecular complexity index is 415. The number of hydrogen-bond acceptors (Lipinski definition) is 2. The highest BCUT2D eigenvalue weighted by molar-refractivity contribution is 5.30. The lowest BCUT2D eigenvalue weighted by Crippen LogP contribution is -2.32. The van der Waals surface area contributed by atoms with Gasteiger partial charge < -0.3 is 9.88 Å². The van der Waals surface area contributed by atoms with Crippen LogP contribution in [-0.4, -0.2) is 15.6 Å². The molecule has 106 valence electrons. The third-order valence-electron chi connectivity index (χ3n) is 5.20. The Kier molecular flexibility index (Phi) is 3.55. The van der Waals surface area contributed by atoms with Crippen molar-refractivity contribution < 1.29 is 0 Å². The third-order valence-corrected chi connectivity index (χ3v) is 5.20. The summed E-state index contributed by atoms with van der Waals surface area (Å²) in [4.78, 5) is 4.57. The third kappa shape index (κ3) is 2.65. The van der Waals surface area contributed by atoms with Gasteiger partial charge in [0.15, 0.2) is 0 Å². The molecule has 0 saturated heterocycles. The number of hydrogen-bond donors (Lipinski definition) is 1. The Balaban J connectivity index is 1.73. The molecule has 1 unspecified atom stereocenters. The predicted molar refractivity (Wildman–Crippen MR) is 79.4 cm³/mol. The summed E-state index contributed by atoms with van der Waals surface area (Å²) in [5, 5.41) is 3.73. The monoisotopic (exact) mass is 261 g/mol. The molecule has 0 radical (unpaired) electrons. The standard InChI is InChI=1S/C16H27N3/c1-16(2)10-6-9-14(16)18-15-17-11-12-19(15)13-7-4-3-5-8-13/h11-14H,3-10H2,1-2H3,(H,17,18). The van der Waals surface area contributed by atoms with Gasteiger partial charge in [0.05, 0.1) is 0 Å². The van der Waals surface area contributed by atoms with Crippen LogP contribution < -0.4 is 5.32 Å². The lowest BCUT2D eigenvalue weighted by atomic mass is 9.87. The average molecular weight is 261 g/mol. The topological polar surface area (TPSA) is 29.9 Å². The summed E-state index contributed by atoms with van der Waals surface area (Å²) in [6, 6.07) is 1.25. The van der Waals surface area contributed by atoms with E-state index in [1.807, 2.05) is 6.20 Å². The molecule has 2 aliphatic rings. The zero-order valence-electron chi connectivity index (χ0n) is 12.4. The van der Waals surface area contributed by atoms with Crippen LogP contribution in [0.1, 0.15) is 71.3 Å². The second-order valence-electron chi connectivity index (χ2n) is 7.03. The number of aromatic nitrogens is 2. The molecule has 1 N–H and O–H groups in total. The minimum absolute atomic E-state index is 0.406. The van der Waals surface area contributed by atoms with Gasteiger partial charge in [-0.3, -0.25) is 0 Å². The van der Waals surface area contributed by atoms with Crippen LogP contribution in [0, 0.1) is 5.41 Å². The fraction of sp³-hybridized carbons (Fsp3) is 0.812. The second-order valence-corrected chi connectivity index (χ2v) is 7.03. The number of nitrogens with zero attached hydrogens (tertiary/aromatic N) is 2. The second kappa shape index (κ2) is 5.18. The van der Waals surface area contributed by atoms with Crippen LogP contribution in [0.15, 0.2) is 12.4 Å². The van der Waals surface area contributed by atoms with Gasteiger partial charge in [0.25, 0.3) is 0 Å². The van der Waals surface area contributed by atoms with E-state index in [9.17, 15) is 0 Å². The summed E-state index contributed by atoms with van der Waals surface area (Å²) in [5.41, 5.74) is 0.406. The summed E-state index contributed by atoms with van der Waals surface area (Å²) in [6.45, 7) is 4.76. The van der Waals surface area contributed by atoms with Crippen LogP contribution in [0.25, 0.3) is 0 Å². The van der Waals surface area contributed by atoms with Crippen LogP contribution in [-0.2, 0) is 0 Å². The van der Waals surface area contributed by atoms with Gasteiger partial charge >= 0.3 is 0 Å². The van der Waals surface area contributed by atoms with Gasteiger partial charge in [-0.05, 0) is 31.1 Å². The van der Waals surface area contributed by atoms with E-state index in [2.05, 4.69) is 34.9 Å². The van der Waals surface area contributed by atoms with Gasteiger partial charge in [0.2, 0.25) is 5.95 Å². The zero-order chi connectivity index (χ0) is 13.3. The molecule has 0 amide bonds. The molecule has 1 aromatic rings. The molecule has 3 heteroatoms. The van der Waals surface area contributed by atoms with Gasteiger partial charge in [0.1, 0.15) is 0 Å².